The van der Waals surface area contributed by atoms with E-state index in [1.54, 1.807) is 30.3 Å². The molecule has 0 aliphatic carbocycles. The largest absolute Gasteiger partial charge is 0.453 e. The summed E-state index contributed by atoms with van der Waals surface area (Å²) in [5, 5.41) is 0. The van der Waals surface area contributed by atoms with Crippen LogP contribution < -0.4 is 0 Å². The molecule has 0 spiro atoms. The lowest BCUT2D eigenvalue weighted by Crippen LogP contribution is -2.08. The smallest absolute Gasteiger partial charge is 0.185 e. The van der Waals surface area contributed by atoms with Crippen LogP contribution in [0.15, 0.2) is 40.8 Å². The Morgan fingerprint density at radius 3 is 2.59 bits per heavy atom. The van der Waals surface area contributed by atoms with Crippen LogP contribution in [0.3, 0.4) is 0 Å². The van der Waals surface area contributed by atoms with Crippen molar-refractivity contribution in [1.29, 1.82) is 0 Å². The van der Waals surface area contributed by atoms with Gasteiger partial charge in [0.25, 0.3) is 0 Å². The molecule has 0 saturated carbocycles. The molecule has 0 saturated heterocycles. The van der Waals surface area contributed by atoms with Crippen LogP contribution in [0.4, 0.5) is 4.39 Å². The molecule has 3 heteroatoms. The molecule has 1 aromatic carbocycles. The Balaban J connectivity index is 2.42. The summed E-state index contributed by atoms with van der Waals surface area (Å²) in [7, 11) is 0. The van der Waals surface area contributed by atoms with Crippen LogP contribution in [-0.2, 0) is 5.67 Å². The number of alkyl halides is 1. The highest BCUT2D eigenvalue weighted by Gasteiger charge is 2.19. The van der Waals surface area contributed by atoms with Crippen molar-refractivity contribution < 1.29 is 13.6 Å². The highest BCUT2D eigenvalue weighted by atomic mass is 19.1. The van der Waals surface area contributed by atoms with E-state index in [0.29, 0.717) is 17.6 Å². The zero-order chi connectivity index (χ0) is 12.5. The maximum absolute atomic E-state index is 13.8. The second-order valence-electron chi connectivity index (χ2n) is 4.37. The number of hydrogen-bond donors (Lipinski definition) is 0. The number of halogens is 1. The molecule has 0 N–H and O–H groups in total. The topological polar surface area (TPSA) is 30.2 Å². The predicted molar refractivity (Wildman–Crippen MR) is 63.7 cm³/mol. The molecule has 0 aliphatic heterocycles. The zero-order valence-corrected chi connectivity index (χ0v) is 9.74. The molecule has 0 amide bonds. The first kappa shape index (κ1) is 11.6. The fourth-order valence-electron chi connectivity index (χ4n) is 1.61. The summed E-state index contributed by atoms with van der Waals surface area (Å²) in [5.41, 5.74) is -0.0452. The van der Waals surface area contributed by atoms with Gasteiger partial charge in [0.05, 0.1) is 0 Å². The fraction of sp³-hybridized carbons (Fsp3) is 0.214. The Bertz CT molecular complexity index is 535. The van der Waals surface area contributed by atoms with Crippen molar-refractivity contribution in [2.24, 2.45) is 0 Å². The van der Waals surface area contributed by atoms with Crippen molar-refractivity contribution in [3.63, 3.8) is 0 Å². The van der Waals surface area contributed by atoms with Crippen LogP contribution in [0.1, 0.15) is 30.0 Å². The van der Waals surface area contributed by atoms with Gasteiger partial charge in [-0.1, -0.05) is 18.2 Å². The van der Waals surface area contributed by atoms with Gasteiger partial charge < -0.3 is 4.42 Å². The molecule has 0 aliphatic rings. The minimum absolute atomic E-state index is 0.268. The number of furan rings is 1. The van der Waals surface area contributed by atoms with Crippen molar-refractivity contribution in [2.75, 3.05) is 0 Å². The van der Waals surface area contributed by atoms with Gasteiger partial charge in [-0.2, -0.15) is 0 Å². The molecular weight excluding hydrogens is 219 g/mol. The Morgan fingerprint density at radius 2 is 2.00 bits per heavy atom. The van der Waals surface area contributed by atoms with Crippen LogP contribution in [0.25, 0.3) is 11.3 Å². The molecule has 2 nitrogen and oxygen atoms in total. The predicted octanol–water partition coefficient (Wildman–Crippen LogP) is 3.96. The monoisotopic (exact) mass is 232 g/mol. The molecule has 88 valence electrons. The summed E-state index contributed by atoms with van der Waals surface area (Å²) in [4.78, 5) is 10.5. The van der Waals surface area contributed by atoms with E-state index in [1.165, 1.54) is 13.8 Å². The van der Waals surface area contributed by atoms with Gasteiger partial charge in [0.2, 0.25) is 0 Å². The van der Waals surface area contributed by atoms with E-state index in [-0.39, 0.29) is 5.76 Å². The van der Waals surface area contributed by atoms with Gasteiger partial charge in [-0.05, 0) is 37.6 Å². The van der Waals surface area contributed by atoms with Crippen molar-refractivity contribution in [1.82, 2.24) is 0 Å². The highest BCUT2D eigenvalue weighted by Crippen LogP contribution is 2.29. The third-order valence-electron chi connectivity index (χ3n) is 2.58. The maximum Gasteiger partial charge on any atom is 0.185 e. The molecule has 0 radical (unpaired) electrons. The third-order valence-corrected chi connectivity index (χ3v) is 2.58. The van der Waals surface area contributed by atoms with E-state index >= 15 is 0 Å². The summed E-state index contributed by atoms with van der Waals surface area (Å²) in [6.07, 6.45) is 0.645. The van der Waals surface area contributed by atoms with Gasteiger partial charge in [-0.15, -0.1) is 0 Å². The lowest BCUT2D eigenvalue weighted by molar-refractivity contribution is 0.110. The molecule has 1 aromatic heterocycles. The summed E-state index contributed by atoms with van der Waals surface area (Å²) in [6.45, 7) is 3.01. The Labute approximate surface area is 99.1 Å². The lowest BCUT2D eigenvalue weighted by atomic mass is 9.97. The molecule has 17 heavy (non-hydrogen) atoms. The van der Waals surface area contributed by atoms with Crippen LogP contribution in [0.5, 0.6) is 0 Å². The Morgan fingerprint density at radius 1 is 1.24 bits per heavy atom. The average Bonchev–Trinajstić information content (AvgIpc) is 2.76. The van der Waals surface area contributed by atoms with Gasteiger partial charge in [-0.25, -0.2) is 4.39 Å². The molecule has 2 aromatic rings. The molecule has 0 bridgehead atoms. The second kappa shape index (κ2) is 4.17. The Kier molecular flexibility index (Phi) is 2.84. The van der Waals surface area contributed by atoms with Gasteiger partial charge >= 0.3 is 0 Å². The number of carbonyl (C=O) groups is 1. The van der Waals surface area contributed by atoms with E-state index in [4.69, 9.17) is 4.42 Å². The van der Waals surface area contributed by atoms with Gasteiger partial charge in [0.1, 0.15) is 11.4 Å². The number of carbonyl (C=O) groups excluding carboxylic acids is 1. The molecule has 0 fully saturated rings. The standard InChI is InChI=1S/C14H13FO2/c1-14(2,15)11-5-3-4-10(8-11)13-7-6-12(9-16)17-13/h3-9H,1-2H3. The normalized spacial score (nSPS) is 11.5. The van der Waals surface area contributed by atoms with Crippen molar-refractivity contribution in [2.45, 2.75) is 19.5 Å². The first-order valence-corrected chi connectivity index (χ1v) is 5.35. The van der Waals surface area contributed by atoms with E-state index in [0.717, 1.165) is 5.56 Å². The Hall–Kier alpha value is -1.90. The summed E-state index contributed by atoms with van der Waals surface area (Å²) in [5.74, 6) is 0.836. The second-order valence-corrected chi connectivity index (χ2v) is 4.37. The maximum atomic E-state index is 13.8. The van der Waals surface area contributed by atoms with Gasteiger partial charge in [-0.3, -0.25) is 4.79 Å². The minimum atomic E-state index is -1.39. The van der Waals surface area contributed by atoms with Crippen LogP contribution in [0, 0.1) is 0 Å². The fourth-order valence-corrected chi connectivity index (χ4v) is 1.61. The molecule has 0 atom stereocenters. The van der Waals surface area contributed by atoms with E-state index in [2.05, 4.69) is 0 Å². The first-order chi connectivity index (χ1) is 8.00. The van der Waals surface area contributed by atoms with E-state index in [1.807, 2.05) is 6.07 Å². The summed E-state index contributed by atoms with van der Waals surface area (Å²) in [6, 6.07) is 10.3. The summed E-state index contributed by atoms with van der Waals surface area (Å²) >= 11 is 0. The number of rotatable bonds is 3. The average molecular weight is 232 g/mol. The molecule has 2 rings (SSSR count). The molecule has 1 heterocycles. The van der Waals surface area contributed by atoms with Gasteiger partial charge in [0, 0.05) is 5.56 Å². The van der Waals surface area contributed by atoms with Crippen molar-refractivity contribution >= 4 is 6.29 Å². The van der Waals surface area contributed by atoms with E-state index < -0.39 is 5.67 Å². The minimum Gasteiger partial charge on any atom is -0.453 e. The van der Waals surface area contributed by atoms with Crippen LogP contribution in [-0.4, -0.2) is 6.29 Å². The van der Waals surface area contributed by atoms with Crippen molar-refractivity contribution in [3.8, 4) is 11.3 Å². The van der Waals surface area contributed by atoms with Crippen LogP contribution >= 0.6 is 0 Å². The zero-order valence-electron chi connectivity index (χ0n) is 9.74. The van der Waals surface area contributed by atoms with Crippen molar-refractivity contribution in [3.05, 3.63) is 47.7 Å². The number of aldehydes is 1. The summed E-state index contributed by atoms with van der Waals surface area (Å²) < 4.78 is 19.1. The SMILES string of the molecule is CC(C)(F)c1cccc(-c2ccc(C=O)o2)c1. The number of benzene rings is 1. The first-order valence-electron chi connectivity index (χ1n) is 5.35. The molecule has 0 unspecified atom stereocenters. The number of hydrogen-bond acceptors (Lipinski definition) is 2. The lowest BCUT2D eigenvalue weighted by Gasteiger charge is -2.15. The quantitative estimate of drug-likeness (QED) is 0.750. The van der Waals surface area contributed by atoms with Gasteiger partial charge in [0.15, 0.2) is 12.0 Å². The third kappa shape index (κ3) is 2.44. The highest BCUT2D eigenvalue weighted by molar-refractivity contribution is 5.72. The molecular formula is C14H13FO2. The van der Waals surface area contributed by atoms with E-state index in [9.17, 15) is 9.18 Å². The van der Waals surface area contributed by atoms with Crippen LogP contribution in [0.2, 0.25) is 0 Å².